The number of hydrogen-bond acceptors (Lipinski definition) is 3. The molecule has 4 nitrogen and oxygen atoms in total. The minimum absolute atomic E-state index is 0.359. The number of nitrogens with zero attached hydrogens (tertiary/aromatic N) is 1. The lowest BCUT2D eigenvalue weighted by Crippen LogP contribution is -2.19. The Morgan fingerprint density at radius 3 is 2.43 bits per heavy atom. The number of amides is 1. The van der Waals surface area contributed by atoms with E-state index in [4.69, 9.17) is 4.74 Å². The van der Waals surface area contributed by atoms with Crippen LogP contribution in [0, 0.1) is 23.5 Å². The number of carbonyl (C=O) groups is 1. The van der Waals surface area contributed by atoms with Gasteiger partial charge in [-0.2, -0.15) is 0 Å². The first-order valence-electron chi connectivity index (χ1n) is 8.54. The molecule has 3 aromatic rings. The summed E-state index contributed by atoms with van der Waals surface area (Å²) in [7, 11) is 0. The summed E-state index contributed by atoms with van der Waals surface area (Å²) in [6.07, 6.45) is 1.90. The summed E-state index contributed by atoms with van der Waals surface area (Å²) in [4.78, 5) is 16.0. The van der Waals surface area contributed by atoms with Crippen LogP contribution in [0.5, 0.6) is 0 Å². The zero-order valence-corrected chi connectivity index (χ0v) is 14.5. The molecule has 6 heteroatoms. The molecule has 138 valence electrons. The lowest BCUT2D eigenvalue weighted by molar-refractivity contribution is 0.132. The molecule has 0 bridgehead atoms. The second-order valence-electron chi connectivity index (χ2n) is 6.27. The molecule has 2 aromatic carbocycles. The largest absolute Gasteiger partial charge is 0.439 e. The van der Waals surface area contributed by atoms with E-state index < -0.39 is 24.1 Å². The van der Waals surface area contributed by atoms with Gasteiger partial charge in [-0.3, -0.25) is 4.98 Å². The van der Waals surface area contributed by atoms with Crippen LogP contribution < -0.4 is 5.32 Å². The normalized spacial score (nSPS) is 18.0. The molecule has 1 saturated heterocycles. The first kappa shape index (κ1) is 17.7. The van der Waals surface area contributed by atoms with Crippen LogP contribution in [0.25, 0.3) is 0 Å². The summed E-state index contributed by atoms with van der Waals surface area (Å²) in [5, 5.41) is 2.73. The van der Waals surface area contributed by atoms with Crippen molar-refractivity contribution in [2.24, 2.45) is 0 Å². The summed E-state index contributed by atoms with van der Waals surface area (Å²) < 4.78 is 32.2. The van der Waals surface area contributed by atoms with Gasteiger partial charge >= 0.3 is 6.09 Å². The average Bonchev–Trinajstić information content (AvgIpc) is 3.09. The molecule has 4 rings (SSSR count). The van der Waals surface area contributed by atoms with Gasteiger partial charge in [-0.15, -0.1) is 0 Å². The average molecular weight is 376 g/mol. The predicted molar refractivity (Wildman–Crippen MR) is 98.1 cm³/mol. The summed E-state index contributed by atoms with van der Waals surface area (Å²) in [6.45, 7) is 0. The Morgan fingerprint density at radius 2 is 1.64 bits per heavy atom. The van der Waals surface area contributed by atoms with Gasteiger partial charge < -0.3 is 10.1 Å². The number of ether oxygens (including phenoxy) is 1. The van der Waals surface area contributed by atoms with Gasteiger partial charge in [0.15, 0.2) is 6.10 Å². The van der Waals surface area contributed by atoms with E-state index in [1.807, 2.05) is 0 Å². The highest BCUT2D eigenvalue weighted by molar-refractivity contribution is 5.71. The molecule has 0 unspecified atom stereocenters. The zero-order chi connectivity index (χ0) is 19.5. The first-order chi connectivity index (χ1) is 13.6. The molecule has 0 aliphatic carbocycles. The van der Waals surface area contributed by atoms with Gasteiger partial charge in [0.05, 0.1) is 0 Å². The van der Waals surface area contributed by atoms with Gasteiger partial charge in [0.2, 0.25) is 0 Å². The van der Waals surface area contributed by atoms with E-state index in [1.54, 1.807) is 42.7 Å². The van der Waals surface area contributed by atoms with E-state index in [1.165, 1.54) is 24.3 Å². The van der Waals surface area contributed by atoms with Crippen molar-refractivity contribution in [2.75, 3.05) is 0 Å². The van der Waals surface area contributed by atoms with Crippen molar-refractivity contribution < 1.29 is 18.3 Å². The Hall–Kier alpha value is -3.72. The third-order valence-electron chi connectivity index (χ3n) is 4.28. The molecule has 0 saturated carbocycles. The molecule has 2 heterocycles. The van der Waals surface area contributed by atoms with Crippen molar-refractivity contribution in [1.82, 2.24) is 10.3 Å². The maximum atomic E-state index is 13.6. The van der Waals surface area contributed by atoms with Crippen LogP contribution in [0.2, 0.25) is 0 Å². The molecule has 1 N–H and O–H groups in total. The highest BCUT2D eigenvalue weighted by Crippen LogP contribution is 2.36. The van der Waals surface area contributed by atoms with E-state index in [2.05, 4.69) is 22.1 Å². The van der Waals surface area contributed by atoms with Gasteiger partial charge in [-0.25, -0.2) is 13.6 Å². The van der Waals surface area contributed by atoms with Gasteiger partial charge in [-0.1, -0.05) is 30.0 Å². The van der Waals surface area contributed by atoms with Crippen molar-refractivity contribution in [2.45, 2.75) is 12.1 Å². The van der Waals surface area contributed by atoms with Crippen molar-refractivity contribution in [3.63, 3.8) is 0 Å². The molecule has 1 fully saturated rings. The molecular weight excluding hydrogens is 362 g/mol. The fourth-order valence-corrected chi connectivity index (χ4v) is 3.03. The summed E-state index contributed by atoms with van der Waals surface area (Å²) in [5.41, 5.74) is 2.35. The number of benzene rings is 2. The fraction of sp³-hybridized carbons (Fsp3) is 0.0909. The molecular formula is C22H14F2N2O2. The number of hydrogen-bond donors (Lipinski definition) is 1. The number of aromatic nitrogens is 1. The second-order valence-corrected chi connectivity index (χ2v) is 6.27. The van der Waals surface area contributed by atoms with Crippen LogP contribution >= 0.6 is 0 Å². The highest BCUT2D eigenvalue weighted by atomic mass is 19.1. The lowest BCUT2D eigenvalue weighted by Gasteiger charge is -2.17. The Kier molecular flexibility index (Phi) is 4.73. The van der Waals surface area contributed by atoms with Crippen LogP contribution in [-0.4, -0.2) is 11.1 Å². The Labute approximate surface area is 160 Å². The van der Waals surface area contributed by atoms with Crippen LogP contribution in [-0.2, 0) is 4.74 Å². The van der Waals surface area contributed by atoms with Crippen LogP contribution in [0.3, 0.4) is 0 Å². The van der Waals surface area contributed by atoms with E-state index in [0.717, 1.165) is 0 Å². The minimum atomic E-state index is -0.684. The van der Waals surface area contributed by atoms with Crippen molar-refractivity contribution in [1.29, 1.82) is 0 Å². The maximum absolute atomic E-state index is 13.6. The van der Waals surface area contributed by atoms with E-state index in [9.17, 15) is 13.6 Å². The van der Waals surface area contributed by atoms with Gasteiger partial charge in [0.25, 0.3) is 0 Å². The predicted octanol–water partition coefficient (Wildman–Crippen LogP) is 4.28. The number of carbonyl (C=O) groups excluding carboxylic acids is 1. The number of alkyl carbamates (subject to hydrolysis) is 1. The van der Waals surface area contributed by atoms with Crippen molar-refractivity contribution in [3.05, 3.63) is 101 Å². The number of nitrogens with one attached hydrogen (secondary N) is 1. The quantitative estimate of drug-likeness (QED) is 0.679. The monoisotopic (exact) mass is 376 g/mol. The number of cyclic esters (lactones) is 1. The van der Waals surface area contributed by atoms with Gasteiger partial charge in [0, 0.05) is 23.5 Å². The standard InChI is InChI=1S/C22H14F2N2O2/c23-18-5-1-3-14(10-18)7-8-15-9-17(13-25-12-15)20-21(28-22(27)26-20)16-4-2-6-19(24)11-16/h1-6,9-13,20-21H,(H,26,27)/t20-,21-/m1/s1. The molecule has 1 amide bonds. The second kappa shape index (κ2) is 7.49. The molecule has 0 spiro atoms. The van der Waals surface area contributed by atoms with E-state index in [-0.39, 0.29) is 5.82 Å². The number of pyridine rings is 1. The molecule has 2 atom stereocenters. The third kappa shape index (κ3) is 3.84. The van der Waals surface area contributed by atoms with Crippen molar-refractivity contribution >= 4 is 6.09 Å². The highest BCUT2D eigenvalue weighted by Gasteiger charge is 2.36. The van der Waals surface area contributed by atoms with E-state index >= 15 is 0 Å². The van der Waals surface area contributed by atoms with Gasteiger partial charge in [0.1, 0.15) is 17.7 Å². The molecule has 1 aliphatic rings. The molecule has 1 aromatic heterocycles. The molecule has 28 heavy (non-hydrogen) atoms. The Bertz CT molecular complexity index is 1100. The summed E-state index contributed by atoms with van der Waals surface area (Å²) >= 11 is 0. The summed E-state index contributed by atoms with van der Waals surface area (Å²) in [6, 6.07) is 13.1. The fourth-order valence-electron chi connectivity index (χ4n) is 3.03. The molecule has 1 aliphatic heterocycles. The van der Waals surface area contributed by atoms with Crippen LogP contribution in [0.15, 0.2) is 67.0 Å². The topological polar surface area (TPSA) is 51.2 Å². The van der Waals surface area contributed by atoms with Crippen LogP contribution in [0.1, 0.15) is 34.4 Å². The first-order valence-corrected chi connectivity index (χ1v) is 8.54. The van der Waals surface area contributed by atoms with Crippen molar-refractivity contribution in [3.8, 4) is 11.8 Å². The Morgan fingerprint density at radius 1 is 0.893 bits per heavy atom. The van der Waals surface area contributed by atoms with Crippen LogP contribution in [0.4, 0.5) is 13.6 Å². The minimum Gasteiger partial charge on any atom is -0.439 e. The smallest absolute Gasteiger partial charge is 0.408 e. The zero-order valence-electron chi connectivity index (χ0n) is 14.5. The summed E-state index contributed by atoms with van der Waals surface area (Å²) in [5.74, 6) is 5.05. The van der Waals surface area contributed by atoms with Gasteiger partial charge in [-0.05, 0) is 47.5 Å². The number of rotatable bonds is 2. The SMILES string of the molecule is O=C1N[C@H](c2cncc(C#Cc3cccc(F)c3)c2)[C@@H](c2cccc(F)c2)O1. The molecule has 0 radical (unpaired) electrons. The maximum Gasteiger partial charge on any atom is 0.408 e. The number of halogens is 2. The Balaban J connectivity index is 1.64. The van der Waals surface area contributed by atoms with E-state index in [0.29, 0.717) is 22.3 Å². The third-order valence-corrected chi connectivity index (χ3v) is 4.28. The lowest BCUT2D eigenvalue weighted by atomic mass is 9.97.